The van der Waals surface area contributed by atoms with Gasteiger partial charge in [-0.1, -0.05) is 18.2 Å². The molecule has 2 aliphatic rings. The highest BCUT2D eigenvalue weighted by Gasteiger charge is 2.25. The average molecular weight is 296 g/mol. The third-order valence-electron chi connectivity index (χ3n) is 4.44. The van der Waals surface area contributed by atoms with E-state index in [4.69, 9.17) is 4.74 Å². The number of hydrogen-bond acceptors (Lipinski definition) is 5. The molecule has 0 spiro atoms. The van der Waals surface area contributed by atoms with Crippen molar-refractivity contribution in [1.82, 2.24) is 15.3 Å². The summed E-state index contributed by atoms with van der Waals surface area (Å²) >= 11 is 0. The van der Waals surface area contributed by atoms with Crippen LogP contribution < -0.4 is 15.0 Å². The van der Waals surface area contributed by atoms with Gasteiger partial charge in [-0.3, -0.25) is 0 Å². The molecule has 114 valence electrons. The van der Waals surface area contributed by atoms with E-state index in [2.05, 4.69) is 44.5 Å². The molecule has 0 unspecified atom stereocenters. The van der Waals surface area contributed by atoms with Gasteiger partial charge in [0, 0.05) is 37.3 Å². The lowest BCUT2D eigenvalue weighted by molar-refractivity contribution is 0.376. The summed E-state index contributed by atoms with van der Waals surface area (Å²) in [7, 11) is 1.64. The number of aryl methyl sites for hydroxylation is 1. The number of rotatable bonds is 2. The van der Waals surface area contributed by atoms with E-state index in [-0.39, 0.29) is 0 Å². The minimum absolute atomic E-state index is 0.471. The number of hydrogen-bond donors (Lipinski definition) is 1. The zero-order valence-corrected chi connectivity index (χ0v) is 12.8. The molecule has 0 amide bonds. The normalized spacial score (nSPS) is 16.9. The van der Waals surface area contributed by atoms with Crippen LogP contribution in [-0.4, -0.2) is 30.2 Å². The third-order valence-corrected chi connectivity index (χ3v) is 4.44. The van der Waals surface area contributed by atoms with Crippen LogP contribution in [0.3, 0.4) is 0 Å². The first-order valence-corrected chi connectivity index (χ1v) is 7.87. The summed E-state index contributed by atoms with van der Waals surface area (Å²) < 4.78 is 5.33. The molecule has 1 aromatic heterocycles. The van der Waals surface area contributed by atoms with Crippen molar-refractivity contribution in [3.63, 3.8) is 0 Å². The number of nitrogens with one attached hydrogen (secondary N) is 1. The van der Waals surface area contributed by atoms with Crippen molar-refractivity contribution in [2.24, 2.45) is 0 Å². The molecule has 0 saturated heterocycles. The minimum atomic E-state index is 0.471. The first-order chi connectivity index (χ1) is 10.9. The number of fused-ring (bicyclic) bond motifs is 2. The second kappa shape index (κ2) is 5.57. The number of benzene rings is 1. The molecule has 5 heteroatoms. The van der Waals surface area contributed by atoms with Gasteiger partial charge in [0.25, 0.3) is 0 Å². The highest BCUT2D eigenvalue weighted by molar-refractivity contribution is 5.68. The Kier molecular flexibility index (Phi) is 3.42. The van der Waals surface area contributed by atoms with E-state index < -0.39 is 0 Å². The number of methoxy groups -OCH3 is 1. The maximum absolute atomic E-state index is 5.33. The summed E-state index contributed by atoms with van der Waals surface area (Å²) in [4.78, 5) is 11.6. The van der Waals surface area contributed by atoms with Crippen LogP contribution in [0.25, 0.3) is 0 Å². The smallest absolute Gasteiger partial charge is 0.318 e. The molecular weight excluding hydrogens is 276 g/mol. The summed E-state index contributed by atoms with van der Waals surface area (Å²) in [5.74, 6) is 1.00. The number of aromatic nitrogens is 2. The van der Waals surface area contributed by atoms with E-state index >= 15 is 0 Å². The Morgan fingerprint density at radius 3 is 3.00 bits per heavy atom. The van der Waals surface area contributed by atoms with Gasteiger partial charge in [-0.05, 0) is 24.5 Å². The lowest BCUT2D eigenvalue weighted by Crippen LogP contribution is -2.31. The average Bonchev–Trinajstić information content (AvgIpc) is 2.60. The molecule has 0 fully saturated rings. The zero-order chi connectivity index (χ0) is 14.9. The molecule has 0 aliphatic carbocycles. The maximum atomic E-state index is 5.33. The van der Waals surface area contributed by atoms with E-state index in [1.807, 2.05) is 0 Å². The van der Waals surface area contributed by atoms with Gasteiger partial charge in [-0.15, -0.1) is 0 Å². The van der Waals surface area contributed by atoms with Gasteiger partial charge in [0.1, 0.15) is 5.82 Å². The van der Waals surface area contributed by atoms with E-state index in [1.54, 1.807) is 7.11 Å². The lowest BCUT2D eigenvalue weighted by atomic mass is 10.0. The van der Waals surface area contributed by atoms with E-state index in [1.165, 1.54) is 16.8 Å². The van der Waals surface area contributed by atoms with Gasteiger partial charge in [0.15, 0.2) is 0 Å². The zero-order valence-electron chi connectivity index (χ0n) is 12.8. The van der Waals surface area contributed by atoms with Crippen molar-refractivity contribution < 1.29 is 4.74 Å². The van der Waals surface area contributed by atoms with Crippen LogP contribution in [0, 0.1) is 0 Å². The fraction of sp³-hybridized carbons (Fsp3) is 0.412. The highest BCUT2D eigenvalue weighted by Crippen LogP contribution is 2.36. The summed E-state index contributed by atoms with van der Waals surface area (Å²) in [6.07, 6.45) is 3.21. The Hall–Kier alpha value is -2.14. The van der Waals surface area contributed by atoms with Gasteiger partial charge in [-0.25, -0.2) is 0 Å². The summed E-state index contributed by atoms with van der Waals surface area (Å²) in [5, 5.41) is 3.43. The Morgan fingerprint density at radius 2 is 2.09 bits per heavy atom. The van der Waals surface area contributed by atoms with Gasteiger partial charge < -0.3 is 15.0 Å². The van der Waals surface area contributed by atoms with Crippen molar-refractivity contribution >= 4 is 11.5 Å². The van der Waals surface area contributed by atoms with Gasteiger partial charge in [0.2, 0.25) is 0 Å². The van der Waals surface area contributed by atoms with Crippen molar-refractivity contribution in [2.45, 2.75) is 25.8 Å². The molecule has 0 radical (unpaired) electrons. The Morgan fingerprint density at radius 1 is 1.18 bits per heavy atom. The summed E-state index contributed by atoms with van der Waals surface area (Å²) in [6, 6.07) is 9.08. The SMILES string of the molecule is COc1nc2c(c(N3CCCc4ccccc43)n1)CNCC2. The molecular formula is C17H20N4O. The fourth-order valence-electron chi connectivity index (χ4n) is 3.37. The van der Waals surface area contributed by atoms with E-state index in [0.29, 0.717) is 6.01 Å². The standard InChI is InChI=1S/C17H20N4O/c1-22-17-19-14-8-9-18-11-13(14)16(20-17)21-10-4-6-12-5-2-3-7-15(12)21/h2-3,5,7,18H,4,6,8-11H2,1H3. The third kappa shape index (κ3) is 2.22. The molecule has 22 heavy (non-hydrogen) atoms. The van der Waals surface area contributed by atoms with Crippen LogP contribution >= 0.6 is 0 Å². The molecule has 2 aromatic rings. The Balaban J connectivity index is 1.86. The predicted molar refractivity (Wildman–Crippen MR) is 85.8 cm³/mol. The molecule has 3 heterocycles. The van der Waals surface area contributed by atoms with Gasteiger partial charge in [-0.2, -0.15) is 9.97 Å². The number of para-hydroxylation sites is 1. The Labute approximate surface area is 130 Å². The largest absolute Gasteiger partial charge is 0.467 e. The molecule has 0 bridgehead atoms. The van der Waals surface area contributed by atoms with E-state index in [9.17, 15) is 0 Å². The molecule has 0 saturated carbocycles. The van der Waals surface area contributed by atoms with Crippen LogP contribution in [-0.2, 0) is 19.4 Å². The van der Waals surface area contributed by atoms with Gasteiger partial charge in [0.05, 0.1) is 12.8 Å². The molecule has 5 nitrogen and oxygen atoms in total. The fourth-order valence-corrected chi connectivity index (χ4v) is 3.37. The van der Waals surface area contributed by atoms with Gasteiger partial charge >= 0.3 is 6.01 Å². The summed E-state index contributed by atoms with van der Waals surface area (Å²) in [6.45, 7) is 2.78. The molecule has 4 rings (SSSR count). The number of anilines is 2. The van der Waals surface area contributed by atoms with Crippen LogP contribution in [0.1, 0.15) is 23.2 Å². The summed E-state index contributed by atoms with van der Waals surface area (Å²) in [5.41, 5.74) is 4.98. The monoisotopic (exact) mass is 296 g/mol. The second-order valence-corrected chi connectivity index (χ2v) is 5.77. The number of nitrogens with zero attached hydrogens (tertiary/aromatic N) is 3. The van der Waals surface area contributed by atoms with Crippen LogP contribution in [0.2, 0.25) is 0 Å². The van der Waals surface area contributed by atoms with Crippen molar-refractivity contribution in [3.05, 3.63) is 41.1 Å². The van der Waals surface area contributed by atoms with E-state index in [0.717, 1.165) is 50.4 Å². The maximum Gasteiger partial charge on any atom is 0.318 e. The van der Waals surface area contributed by atoms with Crippen molar-refractivity contribution in [3.8, 4) is 6.01 Å². The molecule has 1 N–H and O–H groups in total. The first-order valence-electron chi connectivity index (χ1n) is 7.87. The lowest BCUT2D eigenvalue weighted by Gasteiger charge is -2.33. The topological polar surface area (TPSA) is 50.3 Å². The van der Waals surface area contributed by atoms with Crippen LogP contribution in [0.15, 0.2) is 24.3 Å². The minimum Gasteiger partial charge on any atom is -0.467 e. The molecule has 2 aliphatic heterocycles. The van der Waals surface area contributed by atoms with Crippen molar-refractivity contribution in [2.75, 3.05) is 25.1 Å². The Bertz CT molecular complexity index is 701. The van der Waals surface area contributed by atoms with Crippen LogP contribution in [0.4, 0.5) is 11.5 Å². The first kappa shape index (κ1) is 13.5. The highest BCUT2D eigenvalue weighted by atomic mass is 16.5. The second-order valence-electron chi connectivity index (χ2n) is 5.77. The molecule has 1 aromatic carbocycles. The van der Waals surface area contributed by atoms with Crippen LogP contribution in [0.5, 0.6) is 6.01 Å². The quantitative estimate of drug-likeness (QED) is 0.921. The van der Waals surface area contributed by atoms with Crippen molar-refractivity contribution in [1.29, 1.82) is 0 Å². The predicted octanol–water partition coefficient (Wildman–Crippen LogP) is 2.22. The number of ether oxygens (including phenoxy) is 1. The molecule has 0 atom stereocenters.